The van der Waals surface area contributed by atoms with Crippen LogP contribution in [0.15, 0.2) is 23.1 Å². The zero-order valence-corrected chi connectivity index (χ0v) is 14.3. The average Bonchev–Trinajstić information content (AvgIpc) is 2.43. The summed E-state index contributed by atoms with van der Waals surface area (Å²) < 4.78 is 32.4. The summed E-state index contributed by atoms with van der Waals surface area (Å²) in [4.78, 5) is 0.328. The molecule has 5 nitrogen and oxygen atoms in total. The van der Waals surface area contributed by atoms with Crippen molar-refractivity contribution in [2.24, 2.45) is 0 Å². The molecule has 120 valence electrons. The Morgan fingerprint density at radius 3 is 2.48 bits per heavy atom. The van der Waals surface area contributed by atoms with Gasteiger partial charge in [0.05, 0.1) is 11.0 Å². The topological polar surface area (TPSA) is 67.4 Å². The van der Waals surface area contributed by atoms with Crippen LogP contribution in [0, 0.1) is 6.92 Å². The Kier molecular flexibility index (Phi) is 6.80. The van der Waals surface area contributed by atoms with Crippen molar-refractivity contribution in [3.63, 3.8) is 0 Å². The minimum atomic E-state index is -3.51. The number of sulfonamides is 1. The van der Waals surface area contributed by atoms with Gasteiger partial charge in [0.1, 0.15) is 0 Å². The van der Waals surface area contributed by atoms with Gasteiger partial charge in [0.15, 0.2) is 0 Å². The Hall–Kier alpha value is -0.950. The standard InChI is InChI=1S/C15H26N2O3S/c1-11(2)16-10-14-7-6-8-15(13(14)4)21(18,19)17-9-12(3)20-5/h6-8,11-12,16-17H,9-10H2,1-5H3. The second kappa shape index (κ2) is 7.89. The molecule has 6 heteroatoms. The van der Waals surface area contributed by atoms with Crippen LogP contribution >= 0.6 is 0 Å². The molecule has 1 aromatic carbocycles. The van der Waals surface area contributed by atoms with Crippen molar-refractivity contribution in [3.05, 3.63) is 29.3 Å². The van der Waals surface area contributed by atoms with Crippen LogP contribution in [0.1, 0.15) is 31.9 Å². The molecule has 1 aromatic rings. The Bertz CT molecular complexity index is 556. The Morgan fingerprint density at radius 2 is 1.90 bits per heavy atom. The molecule has 0 fully saturated rings. The van der Waals surface area contributed by atoms with Crippen molar-refractivity contribution in [2.75, 3.05) is 13.7 Å². The second-order valence-corrected chi connectivity index (χ2v) is 7.21. The predicted octanol–water partition coefficient (Wildman–Crippen LogP) is 1.81. The molecule has 0 aliphatic rings. The van der Waals surface area contributed by atoms with Crippen LogP contribution in [0.2, 0.25) is 0 Å². The smallest absolute Gasteiger partial charge is 0.240 e. The van der Waals surface area contributed by atoms with Crippen LogP contribution in [-0.4, -0.2) is 34.2 Å². The summed E-state index contributed by atoms with van der Waals surface area (Å²) in [5, 5.41) is 3.31. The summed E-state index contributed by atoms with van der Waals surface area (Å²) in [6, 6.07) is 5.71. The quantitative estimate of drug-likeness (QED) is 0.768. The number of benzene rings is 1. The first-order valence-corrected chi connectivity index (χ1v) is 8.60. The molecular formula is C15H26N2O3S. The van der Waals surface area contributed by atoms with Crippen LogP contribution < -0.4 is 10.0 Å². The number of nitrogens with one attached hydrogen (secondary N) is 2. The van der Waals surface area contributed by atoms with Crippen LogP contribution in [0.25, 0.3) is 0 Å². The van der Waals surface area contributed by atoms with Gasteiger partial charge in [-0.1, -0.05) is 26.0 Å². The normalized spacial score (nSPS) is 13.6. The van der Waals surface area contributed by atoms with E-state index < -0.39 is 10.0 Å². The lowest BCUT2D eigenvalue weighted by Gasteiger charge is -2.16. The highest BCUT2D eigenvalue weighted by atomic mass is 32.2. The lowest BCUT2D eigenvalue weighted by Crippen LogP contribution is -2.32. The highest BCUT2D eigenvalue weighted by molar-refractivity contribution is 7.89. The molecule has 0 aliphatic carbocycles. The number of methoxy groups -OCH3 is 1. The van der Waals surface area contributed by atoms with Crippen LogP contribution in [0.4, 0.5) is 0 Å². The fourth-order valence-corrected chi connectivity index (χ4v) is 3.25. The van der Waals surface area contributed by atoms with Gasteiger partial charge in [-0.3, -0.25) is 0 Å². The Morgan fingerprint density at radius 1 is 1.24 bits per heavy atom. The first-order chi connectivity index (χ1) is 9.77. The largest absolute Gasteiger partial charge is 0.380 e. The van der Waals surface area contributed by atoms with Gasteiger partial charge in [0, 0.05) is 26.2 Å². The van der Waals surface area contributed by atoms with E-state index in [4.69, 9.17) is 4.74 Å². The molecule has 0 spiro atoms. The highest BCUT2D eigenvalue weighted by Crippen LogP contribution is 2.19. The molecule has 1 rings (SSSR count). The number of hydrogen-bond donors (Lipinski definition) is 2. The third kappa shape index (κ3) is 5.39. The lowest BCUT2D eigenvalue weighted by atomic mass is 10.1. The lowest BCUT2D eigenvalue weighted by molar-refractivity contribution is 0.122. The zero-order valence-electron chi connectivity index (χ0n) is 13.4. The molecule has 2 N–H and O–H groups in total. The molecule has 0 radical (unpaired) electrons. The average molecular weight is 314 g/mol. The van der Waals surface area contributed by atoms with Gasteiger partial charge in [0.25, 0.3) is 0 Å². The van der Waals surface area contributed by atoms with Gasteiger partial charge in [-0.2, -0.15) is 0 Å². The van der Waals surface area contributed by atoms with Crippen molar-refractivity contribution in [1.82, 2.24) is 10.0 Å². The molecule has 0 bridgehead atoms. The second-order valence-electron chi connectivity index (χ2n) is 5.47. The van der Waals surface area contributed by atoms with Gasteiger partial charge in [-0.05, 0) is 31.0 Å². The zero-order chi connectivity index (χ0) is 16.0. The van der Waals surface area contributed by atoms with Crippen LogP contribution in [0.3, 0.4) is 0 Å². The fourth-order valence-electron chi connectivity index (χ4n) is 1.84. The highest BCUT2D eigenvalue weighted by Gasteiger charge is 2.19. The molecule has 21 heavy (non-hydrogen) atoms. The van der Waals surface area contributed by atoms with Gasteiger partial charge in [-0.15, -0.1) is 0 Å². The molecule has 0 aliphatic heterocycles. The van der Waals surface area contributed by atoms with Gasteiger partial charge in [-0.25, -0.2) is 13.1 Å². The summed E-state index contributed by atoms with van der Waals surface area (Å²) in [5.41, 5.74) is 1.77. The summed E-state index contributed by atoms with van der Waals surface area (Å²) >= 11 is 0. The monoisotopic (exact) mass is 314 g/mol. The van der Waals surface area contributed by atoms with Gasteiger partial charge >= 0.3 is 0 Å². The Labute approximate surface area is 128 Å². The van der Waals surface area contributed by atoms with Crippen molar-refractivity contribution in [3.8, 4) is 0 Å². The molecule has 1 atom stereocenters. The summed E-state index contributed by atoms with van der Waals surface area (Å²) in [7, 11) is -1.96. The molecule has 0 saturated carbocycles. The number of rotatable bonds is 8. The number of ether oxygens (including phenoxy) is 1. The van der Waals surface area contributed by atoms with E-state index in [1.54, 1.807) is 19.2 Å². The van der Waals surface area contributed by atoms with Crippen molar-refractivity contribution >= 4 is 10.0 Å². The summed E-state index contributed by atoms with van der Waals surface area (Å²) in [5.74, 6) is 0. The van der Waals surface area contributed by atoms with Crippen LogP contribution in [-0.2, 0) is 21.3 Å². The first kappa shape index (κ1) is 18.1. The van der Waals surface area contributed by atoms with E-state index in [0.29, 0.717) is 17.5 Å². The minimum absolute atomic E-state index is 0.161. The molecule has 0 aromatic heterocycles. The Balaban J connectivity index is 2.94. The molecule has 0 heterocycles. The maximum absolute atomic E-state index is 12.4. The summed E-state index contributed by atoms with van der Waals surface area (Å²) in [6.45, 7) is 8.69. The molecular weight excluding hydrogens is 288 g/mol. The predicted molar refractivity (Wildman–Crippen MR) is 84.8 cm³/mol. The molecule has 0 saturated heterocycles. The van der Waals surface area contributed by atoms with E-state index in [9.17, 15) is 8.42 Å². The molecule has 0 amide bonds. The third-order valence-electron chi connectivity index (χ3n) is 3.35. The maximum atomic E-state index is 12.4. The fraction of sp³-hybridized carbons (Fsp3) is 0.600. The summed E-state index contributed by atoms with van der Waals surface area (Å²) in [6.07, 6.45) is -0.161. The van der Waals surface area contributed by atoms with Crippen molar-refractivity contribution in [2.45, 2.75) is 51.3 Å². The third-order valence-corrected chi connectivity index (χ3v) is 4.92. The van der Waals surface area contributed by atoms with Gasteiger partial charge in [0.2, 0.25) is 10.0 Å². The van der Waals surface area contributed by atoms with Crippen molar-refractivity contribution in [1.29, 1.82) is 0 Å². The van der Waals surface area contributed by atoms with Crippen LogP contribution in [0.5, 0.6) is 0 Å². The van der Waals surface area contributed by atoms with E-state index in [-0.39, 0.29) is 12.6 Å². The maximum Gasteiger partial charge on any atom is 0.240 e. The molecule has 1 unspecified atom stereocenters. The van der Waals surface area contributed by atoms with Crippen molar-refractivity contribution < 1.29 is 13.2 Å². The minimum Gasteiger partial charge on any atom is -0.380 e. The van der Waals surface area contributed by atoms with E-state index in [1.807, 2.05) is 19.9 Å². The van der Waals surface area contributed by atoms with E-state index in [0.717, 1.165) is 11.1 Å². The van der Waals surface area contributed by atoms with E-state index in [1.165, 1.54) is 0 Å². The van der Waals surface area contributed by atoms with E-state index in [2.05, 4.69) is 23.9 Å². The van der Waals surface area contributed by atoms with E-state index >= 15 is 0 Å². The first-order valence-electron chi connectivity index (χ1n) is 7.12. The SMILES string of the molecule is COC(C)CNS(=O)(=O)c1cccc(CNC(C)C)c1C. The van der Waals surface area contributed by atoms with Gasteiger partial charge < -0.3 is 10.1 Å². The number of hydrogen-bond acceptors (Lipinski definition) is 4.